The molecule has 1 aliphatic heterocycles. The Labute approximate surface area is 137 Å². The molecule has 0 aromatic rings. The Morgan fingerprint density at radius 3 is 2.41 bits per heavy atom. The summed E-state index contributed by atoms with van der Waals surface area (Å²) in [6, 6.07) is 1.07. The molecule has 1 heterocycles. The molecule has 0 spiro atoms. The zero-order valence-electron chi connectivity index (χ0n) is 15.4. The first kappa shape index (κ1) is 19.3. The van der Waals surface area contributed by atoms with E-state index in [4.69, 9.17) is 4.74 Å². The van der Waals surface area contributed by atoms with Crippen LogP contribution < -0.4 is 5.32 Å². The molecule has 1 amide bonds. The molecule has 130 valence electrons. The van der Waals surface area contributed by atoms with Crippen LogP contribution in [0.15, 0.2) is 0 Å². The molecule has 1 N–H and O–H groups in total. The lowest BCUT2D eigenvalue weighted by Crippen LogP contribution is -2.42. The van der Waals surface area contributed by atoms with Gasteiger partial charge in [-0.15, -0.1) is 0 Å². The molecule has 1 fully saturated rings. The first-order chi connectivity index (χ1) is 10.3. The third-order valence-corrected chi connectivity index (χ3v) is 4.63. The summed E-state index contributed by atoms with van der Waals surface area (Å²) < 4.78 is 5.49. The van der Waals surface area contributed by atoms with E-state index >= 15 is 0 Å². The van der Waals surface area contributed by atoms with Gasteiger partial charge in [-0.1, -0.05) is 26.7 Å². The third kappa shape index (κ3) is 6.55. The van der Waals surface area contributed by atoms with Gasteiger partial charge >= 0.3 is 6.09 Å². The van der Waals surface area contributed by atoms with Crippen molar-refractivity contribution in [3.8, 4) is 0 Å². The van der Waals surface area contributed by atoms with E-state index in [2.05, 4.69) is 26.1 Å². The van der Waals surface area contributed by atoms with Gasteiger partial charge in [0.05, 0.1) is 0 Å². The highest BCUT2D eigenvalue weighted by Crippen LogP contribution is 2.18. The minimum Gasteiger partial charge on any atom is -0.444 e. The molecule has 0 radical (unpaired) electrons. The van der Waals surface area contributed by atoms with Gasteiger partial charge in [-0.3, -0.25) is 0 Å². The summed E-state index contributed by atoms with van der Waals surface area (Å²) in [6.07, 6.45) is 5.49. The number of hydrogen-bond acceptors (Lipinski definition) is 3. The van der Waals surface area contributed by atoms with Crippen molar-refractivity contribution in [2.75, 3.05) is 13.1 Å². The van der Waals surface area contributed by atoms with E-state index in [-0.39, 0.29) is 6.09 Å². The topological polar surface area (TPSA) is 41.6 Å². The van der Waals surface area contributed by atoms with Gasteiger partial charge in [0, 0.05) is 25.2 Å². The van der Waals surface area contributed by atoms with Gasteiger partial charge in [-0.25, -0.2) is 4.79 Å². The van der Waals surface area contributed by atoms with Crippen LogP contribution in [-0.4, -0.2) is 41.8 Å². The van der Waals surface area contributed by atoms with Gasteiger partial charge in [-0.05, 0) is 52.9 Å². The highest BCUT2D eigenvalue weighted by molar-refractivity contribution is 5.68. The Hall–Kier alpha value is -0.770. The smallest absolute Gasteiger partial charge is 0.410 e. The van der Waals surface area contributed by atoms with Crippen LogP contribution in [-0.2, 0) is 4.74 Å². The van der Waals surface area contributed by atoms with Crippen molar-refractivity contribution in [1.29, 1.82) is 0 Å². The first-order valence-corrected chi connectivity index (χ1v) is 9.00. The highest BCUT2D eigenvalue weighted by Gasteiger charge is 2.26. The number of carbonyl (C=O) groups is 1. The number of nitrogens with one attached hydrogen (secondary N) is 1. The Morgan fingerprint density at radius 1 is 1.23 bits per heavy atom. The fraction of sp³-hybridized carbons (Fsp3) is 0.944. The molecule has 4 heteroatoms. The fourth-order valence-electron chi connectivity index (χ4n) is 3.28. The molecule has 4 nitrogen and oxygen atoms in total. The van der Waals surface area contributed by atoms with E-state index in [9.17, 15) is 4.79 Å². The molecule has 22 heavy (non-hydrogen) atoms. The SMILES string of the molecule is CCC(CC)C(C)NC1CCCN(C(=O)OC(C)(C)C)CC1. The molecule has 2 unspecified atom stereocenters. The third-order valence-electron chi connectivity index (χ3n) is 4.63. The highest BCUT2D eigenvalue weighted by atomic mass is 16.6. The van der Waals surface area contributed by atoms with Gasteiger partial charge in [0.25, 0.3) is 0 Å². The molecule has 1 aliphatic rings. The van der Waals surface area contributed by atoms with Crippen molar-refractivity contribution >= 4 is 6.09 Å². The van der Waals surface area contributed by atoms with E-state index in [1.807, 2.05) is 25.7 Å². The number of amides is 1. The lowest BCUT2D eigenvalue weighted by Gasteiger charge is -2.28. The van der Waals surface area contributed by atoms with Gasteiger partial charge in [0.15, 0.2) is 0 Å². The van der Waals surface area contributed by atoms with Crippen molar-refractivity contribution < 1.29 is 9.53 Å². The second-order valence-corrected chi connectivity index (χ2v) is 7.63. The quantitative estimate of drug-likeness (QED) is 0.827. The molecule has 1 rings (SSSR count). The molecule has 0 aliphatic carbocycles. The van der Waals surface area contributed by atoms with Crippen LogP contribution in [0.5, 0.6) is 0 Å². The van der Waals surface area contributed by atoms with Gasteiger partial charge < -0.3 is 15.0 Å². The maximum absolute atomic E-state index is 12.2. The van der Waals surface area contributed by atoms with Crippen molar-refractivity contribution in [2.45, 2.75) is 91.3 Å². The number of nitrogens with zero attached hydrogens (tertiary/aromatic N) is 1. The predicted molar refractivity (Wildman–Crippen MR) is 92.1 cm³/mol. The maximum atomic E-state index is 12.2. The Balaban J connectivity index is 2.47. The lowest BCUT2D eigenvalue weighted by molar-refractivity contribution is 0.0256. The molecule has 0 aromatic heterocycles. The normalized spacial score (nSPS) is 21.6. The second-order valence-electron chi connectivity index (χ2n) is 7.63. The van der Waals surface area contributed by atoms with E-state index in [0.717, 1.165) is 38.3 Å². The molecule has 1 saturated heterocycles. The minimum absolute atomic E-state index is 0.166. The zero-order valence-corrected chi connectivity index (χ0v) is 15.4. The summed E-state index contributed by atoms with van der Waals surface area (Å²) >= 11 is 0. The second kappa shape index (κ2) is 8.76. The van der Waals surface area contributed by atoms with Gasteiger partial charge in [0.2, 0.25) is 0 Å². The van der Waals surface area contributed by atoms with E-state index in [1.54, 1.807) is 0 Å². The van der Waals surface area contributed by atoms with Crippen LogP contribution in [0.3, 0.4) is 0 Å². The van der Waals surface area contributed by atoms with E-state index in [0.29, 0.717) is 12.1 Å². The van der Waals surface area contributed by atoms with Crippen LogP contribution in [0.25, 0.3) is 0 Å². The van der Waals surface area contributed by atoms with Crippen molar-refractivity contribution in [1.82, 2.24) is 10.2 Å². The largest absolute Gasteiger partial charge is 0.444 e. The summed E-state index contributed by atoms with van der Waals surface area (Å²) in [4.78, 5) is 14.0. The average molecular weight is 312 g/mol. The summed E-state index contributed by atoms with van der Waals surface area (Å²) in [6.45, 7) is 14.2. The summed E-state index contributed by atoms with van der Waals surface area (Å²) in [5.41, 5.74) is -0.412. The summed E-state index contributed by atoms with van der Waals surface area (Å²) in [7, 11) is 0. The zero-order chi connectivity index (χ0) is 16.8. The Morgan fingerprint density at radius 2 is 1.86 bits per heavy atom. The van der Waals surface area contributed by atoms with E-state index in [1.165, 1.54) is 12.8 Å². The van der Waals surface area contributed by atoms with Gasteiger partial charge in [-0.2, -0.15) is 0 Å². The average Bonchev–Trinajstić information content (AvgIpc) is 2.64. The number of ether oxygens (including phenoxy) is 1. The van der Waals surface area contributed by atoms with Gasteiger partial charge in [0.1, 0.15) is 5.60 Å². The van der Waals surface area contributed by atoms with Crippen LogP contribution in [0.2, 0.25) is 0 Å². The van der Waals surface area contributed by atoms with Crippen LogP contribution in [0.1, 0.15) is 73.6 Å². The van der Waals surface area contributed by atoms with Crippen molar-refractivity contribution in [2.24, 2.45) is 5.92 Å². The first-order valence-electron chi connectivity index (χ1n) is 9.00. The molecule has 0 aromatic carbocycles. The van der Waals surface area contributed by atoms with Crippen LogP contribution >= 0.6 is 0 Å². The predicted octanol–water partition coefficient (Wildman–Crippen LogP) is 4.19. The molecular formula is C18H36N2O2. The summed E-state index contributed by atoms with van der Waals surface area (Å²) in [5.74, 6) is 0.741. The van der Waals surface area contributed by atoms with Crippen molar-refractivity contribution in [3.63, 3.8) is 0 Å². The van der Waals surface area contributed by atoms with E-state index < -0.39 is 5.60 Å². The monoisotopic (exact) mass is 312 g/mol. The fourth-order valence-corrected chi connectivity index (χ4v) is 3.28. The number of carbonyl (C=O) groups excluding carboxylic acids is 1. The standard InChI is InChI=1S/C18H36N2O2/c1-7-15(8-2)14(3)19-16-10-9-12-20(13-11-16)17(21)22-18(4,5)6/h14-16,19H,7-13H2,1-6H3. The lowest BCUT2D eigenvalue weighted by atomic mass is 9.94. The molecule has 0 bridgehead atoms. The number of rotatable bonds is 5. The summed E-state index contributed by atoms with van der Waals surface area (Å²) in [5, 5.41) is 3.79. The number of hydrogen-bond donors (Lipinski definition) is 1. The van der Waals surface area contributed by atoms with Crippen LogP contribution in [0.4, 0.5) is 4.79 Å². The Kier molecular flexibility index (Phi) is 7.67. The molecular weight excluding hydrogens is 276 g/mol. The Bertz CT molecular complexity index is 334. The van der Waals surface area contributed by atoms with Crippen molar-refractivity contribution in [3.05, 3.63) is 0 Å². The maximum Gasteiger partial charge on any atom is 0.410 e. The molecule has 0 saturated carbocycles. The van der Waals surface area contributed by atoms with Crippen LogP contribution in [0, 0.1) is 5.92 Å². The number of likely N-dealkylation sites (tertiary alicyclic amines) is 1. The minimum atomic E-state index is -0.412. The molecule has 2 atom stereocenters.